The van der Waals surface area contributed by atoms with Crippen LogP contribution in [0.3, 0.4) is 0 Å². The first-order valence-corrected chi connectivity index (χ1v) is 4.70. The summed E-state index contributed by atoms with van der Waals surface area (Å²) in [5.74, 6) is 0.700. The number of benzene rings is 1. The number of nitrogens with zero attached hydrogens (tertiary/aromatic N) is 1. The molecule has 0 aliphatic carbocycles. The quantitative estimate of drug-likeness (QED) is 0.808. The second kappa shape index (κ2) is 5.36. The first-order chi connectivity index (χ1) is 7.11. The summed E-state index contributed by atoms with van der Waals surface area (Å²) >= 11 is 0. The number of likely N-dealkylation sites (N-methyl/N-ethyl adjacent to an activating group) is 1. The fourth-order valence-electron chi connectivity index (χ4n) is 1.19. The van der Waals surface area contributed by atoms with Crippen LogP contribution in [-0.2, 0) is 4.79 Å². The number of nitrogens with one attached hydrogen (secondary N) is 1. The molecule has 4 nitrogen and oxygen atoms in total. The van der Waals surface area contributed by atoms with Gasteiger partial charge in [-0.3, -0.25) is 4.79 Å². The summed E-state index contributed by atoms with van der Waals surface area (Å²) in [6.45, 7) is 0.372. The summed E-state index contributed by atoms with van der Waals surface area (Å²) in [5.41, 5.74) is 0.751. The van der Waals surface area contributed by atoms with E-state index in [9.17, 15) is 4.79 Å². The normalized spacial score (nSPS) is 10.1. The van der Waals surface area contributed by atoms with Crippen LogP contribution >= 0.6 is 0 Å². The fourth-order valence-corrected chi connectivity index (χ4v) is 1.19. The predicted molar refractivity (Wildman–Crippen MR) is 60.2 cm³/mol. The minimum Gasteiger partial charge on any atom is -0.497 e. The van der Waals surface area contributed by atoms with E-state index in [4.69, 9.17) is 4.74 Å². The summed E-state index contributed by atoms with van der Waals surface area (Å²) in [7, 11) is 5.30. The van der Waals surface area contributed by atoms with Gasteiger partial charge in [-0.25, -0.2) is 0 Å². The molecule has 15 heavy (non-hydrogen) atoms. The molecule has 1 N–H and O–H groups in total. The second-order valence-electron chi connectivity index (χ2n) is 3.52. The van der Waals surface area contributed by atoms with Gasteiger partial charge in [-0.1, -0.05) is 6.07 Å². The second-order valence-corrected chi connectivity index (χ2v) is 3.52. The van der Waals surface area contributed by atoms with E-state index in [0.29, 0.717) is 6.54 Å². The van der Waals surface area contributed by atoms with Gasteiger partial charge in [0.05, 0.1) is 13.7 Å². The van der Waals surface area contributed by atoms with Crippen LogP contribution in [0.5, 0.6) is 5.75 Å². The number of anilines is 1. The first kappa shape index (κ1) is 11.5. The molecule has 0 bridgehead atoms. The Morgan fingerprint density at radius 1 is 1.47 bits per heavy atom. The van der Waals surface area contributed by atoms with Gasteiger partial charge in [-0.2, -0.15) is 0 Å². The highest BCUT2D eigenvalue weighted by Crippen LogP contribution is 2.16. The van der Waals surface area contributed by atoms with Crippen molar-refractivity contribution in [2.75, 3.05) is 33.1 Å². The zero-order valence-electron chi connectivity index (χ0n) is 9.28. The Bertz CT molecular complexity index is 337. The summed E-state index contributed by atoms with van der Waals surface area (Å²) in [5, 5.41) is 2.79. The van der Waals surface area contributed by atoms with E-state index < -0.39 is 0 Å². The minimum absolute atomic E-state index is 0.0340. The van der Waals surface area contributed by atoms with Crippen LogP contribution in [0.2, 0.25) is 0 Å². The maximum absolute atomic E-state index is 11.4. The molecule has 1 aromatic rings. The molecule has 0 saturated carbocycles. The number of amides is 1. The molecule has 0 aliphatic rings. The Morgan fingerprint density at radius 2 is 2.20 bits per heavy atom. The summed E-state index contributed by atoms with van der Waals surface area (Å²) in [4.78, 5) is 13.2. The van der Waals surface area contributed by atoms with E-state index in [1.165, 1.54) is 0 Å². The molecule has 0 saturated heterocycles. The van der Waals surface area contributed by atoms with Crippen LogP contribution in [0.4, 0.5) is 5.69 Å². The SMILES string of the molecule is COc1cccc(NC(=O)CN(C)C)c1. The Kier molecular flexibility index (Phi) is 4.12. The average molecular weight is 208 g/mol. The fraction of sp³-hybridized carbons (Fsp3) is 0.364. The molecule has 0 spiro atoms. The van der Waals surface area contributed by atoms with Crippen molar-refractivity contribution in [2.24, 2.45) is 0 Å². The molecule has 1 rings (SSSR count). The monoisotopic (exact) mass is 208 g/mol. The van der Waals surface area contributed by atoms with Crippen LogP contribution in [0, 0.1) is 0 Å². The van der Waals surface area contributed by atoms with Crippen LogP contribution in [0.1, 0.15) is 0 Å². The van der Waals surface area contributed by atoms with Crippen LogP contribution in [0.25, 0.3) is 0 Å². The van der Waals surface area contributed by atoms with Gasteiger partial charge in [0.1, 0.15) is 5.75 Å². The van der Waals surface area contributed by atoms with Gasteiger partial charge in [0.15, 0.2) is 0 Å². The van der Waals surface area contributed by atoms with Gasteiger partial charge >= 0.3 is 0 Å². The van der Waals surface area contributed by atoms with Crippen molar-refractivity contribution in [3.05, 3.63) is 24.3 Å². The minimum atomic E-state index is -0.0340. The van der Waals surface area contributed by atoms with Crippen molar-refractivity contribution in [3.8, 4) is 5.75 Å². The van der Waals surface area contributed by atoms with Crippen molar-refractivity contribution in [3.63, 3.8) is 0 Å². The van der Waals surface area contributed by atoms with E-state index >= 15 is 0 Å². The number of carbonyl (C=O) groups excluding carboxylic acids is 1. The smallest absolute Gasteiger partial charge is 0.238 e. The number of rotatable bonds is 4. The molecule has 0 unspecified atom stereocenters. The number of hydrogen-bond donors (Lipinski definition) is 1. The van der Waals surface area contributed by atoms with Crippen LogP contribution in [-0.4, -0.2) is 38.6 Å². The third-order valence-electron chi connectivity index (χ3n) is 1.81. The van der Waals surface area contributed by atoms with Crippen LogP contribution < -0.4 is 10.1 Å². The van der Waals surface area contributed by atoms with Gasteiger partial charge in [0.25, 0.3) is 0 Å². The highest BCUT2D eigenvalue weighted by atomic mass is 16.5. The molecule has 0 radical (unpaired) electrons. The maximum atomic E-state index is 11.4. The van der Waals surface area contributed by atoms with Crippen molar-refractivity contribution < 1.29 is 9.53 Å². The molecule has 1 aromatic carbocycles. The highest BCUT2D eigenvalue weighted by Gasteiger charge is 2.03. The Labute approximate surface area is 89.8 Å². The van der Waals surface area contributed by atoms with E-state index in [2.05, 4.69) is 5.32 Å². The zero-order chi connectivity index (χ0) is 11.3. The number of hydrogen-bond acceptors (Lipinski definition) is 3. The lowest BCUT2D eigenvalue weighted by molar-refractivity contribution is -0.116. The van der Waals surface area contributed by atoms with E-state index in [0.717, 1.165) is 11.4 Å². The zero-order valence-corrected chi connectivity index (χ0v) is 9.28. The van der Waals surface area contributed by atoms with Crippen molar-refractivity contribution in [2.45, 2.75) is 0 Å². The number of ether oxygens (including phenoxy) is 1. The van der Waals surface area contributed by atoms with E-state index in [-0.39, 0.29) is 5.91 Å². The third-order valence-corrected chi connectivity index (χ3v) is 1.81. The molecule has 82 valence electrons. The Balaban J connectivity index is 2.60. The Morgan fingerprint density at radius 3 is 2.80 bits per heavy atom. The van der Waals surface area contributed by atoms with Gasteiger partial charge < -0.3 is 15.0 Å². The van der Waals surface area contributed by atoms with Gasteiger partial charge in [-0.05, 0) is 26.2 Å². The van der Waals surface area contributed by atoms with Crippen molar-refractivity contribution in [1.82, 2.24) is 4.90 Å². The highest BCUT2D eigenvalue weighted by molar-refractivity contribution is 5.92. The lowest BCUT2D eigenvalue weighted by Gasteiger charge is -2.10. The predicted octanol–water partition coefficient (Wildman–Crippen LogP) is 1.20. The van der Waals surface area contributed by atoms with Crippen molar-refractivity contribution in [1.29, 1.82) is 0 Å². The molecule has 0 heterocycles. The topological polar surface area (TPSA) is 41.6 Å². The summed E-state index contributed by atoms with van der Waals surface area (Å²) < 4.78 is 5.06. The van der Waals surface area contributed by atoms with Gasteiger partial charge in [-0.15, -0.1) is 0 Å². The van der Waals surface area contributed by atoms with Gasteiger partial charge in [0.2, 0.25) is 5.91 Å². The number of carbonyl (C=O) groups is 1. The van der Waals surface area contributed by atoms with Crippen molar-refractivity contribution >= 4 is 11.6 Å². The molecular weight excluding hydrogens is 192 g/mol. The van der Waals surface area contributed by atoms with Crippen LogP contribution in [0.15, 0.2) is 24.3 Å². The van der Waals surface area contributed by atoms with E-state index in [1.54, 1.807) is 13.2 Å². The van der Waals surface area contributed by atoms with E-state index in [1.807, 2.05) is 37.2 Å². The maximum Gasteiger partial charge on any atom is 0.238 e. The molecule has 4 heteroatoms. The molecule has 0 aromatic heterocycles. The molecule has 0 aliphatic heterocycles. The number of methoxy groups -OCH3 is 1. The lowest BCUT2D eigenvalue weighted by Crippen LogP contribution is -2.27. The third kappa shape index (κ3) is 3.99. The summed E-state index contributed by atoms with van der Waals surface area (Å²) in [6.07, 6.45) is 0. The lowest BCUT2D eigenvalue weighted by atomic mass is 10.3. The Hall–Kier alpha value is -1.55. The summed E-state index contributed by atoms with van der Waals surface area (Å²) in [6, 6.07) is 7.29. The first-order valence-electron chi connectivity index (χ1n) is 4.70. The molecule has 1 amide bonds. The van der Waals surface area contributed by atoms with Gasteiger partial charge in [0, 0.05) is 11.8 Å². The molecule has 0 fully saturated rings. The molecular formula is C11H16N2O2. The largest absolute Gasteiger partial charge is 0.497 e. The average Bonchev–Trinajstić information content (AvgIpc) is 2.16. The molecule has 0 atom stereocenters. The standard InChI is InChI=1S/C11H16N2O2/c1-13(2)8-11(14)12-9-5-4-6-10(7-9)15-3/h4-7H,8H2,1-3H3,(H,12,14).